The van der Waals surface area contributed by atoms with Crippen LogP contribution in [0, 0.1) is 11.6 Å². The molecule has 2 aliphatic rings. The molecule has 0 aliphatic carbocycles. The minimum Gasteiger partial charge on any atom is -0.379 e. The Morgan fingerprint density at radius 3 is 2.49 bits per heavy atom. The van der Waals surface area contributed by atoms with Crippen molar-refractivity contribution in [1.82, 2.24) is 9.80 Å². The van der Waals surface area contributed by atoms with E-state index >= 15 is 0 Å². The number of thiocarbonyl (C=S) groups is 1. The lowest BCUT2D eigenvalue weighted by Crippen LogP contribution is -2.37. The summed E-state index contributed by atoms with van der Waals surface area (Å²) in [6, 6.07) is 11.2. The van der Waals surface area contributed by atoms with E-state index in [0.29, 0.717) is 40.0 Å². The Kier molecular flexibility index (Phi) is 8.27. The second-order valence-corrected chi connectivity index (χ2v) is 9.91. The van der Waals surface area contributed by atoms with E-state index in [1.54, 1.807) is 0 Å². The van der Waals surface area contributed by atoms with Crippen LogP contribution in [-0.4, -0.2) is 65.3 Å². The fraction of sp³-hybridized carbons (Fsp3) is 0.320. The third-order valence-electron chi connectivity index (χ3n) is 5.95. The number of hydrogen-bond acceptors (Lipinski definition) is 6. The molecule has 2 N–H and O–H groups in total. The molecule has 0 radical (unpaired) electrons. The van der Waals surface area contributed by atoms with Crippen LogP contribution in [0.4, 0.5) is 8.78 Å². The number of benzene rings is 2. The Balaban J connectivity index is 1.69. The van der Waals surface area contributed by atoms with Crippen LogP contribution in [0.3, 0.4) is 0 Å². The molecule has 2 aromatic carbocycles. The van der Waals surface area contributed by atoms with E-state index in [2.05, 4.69) is 4.90 Å². The summed E-state index contributed by atoms with van der Waals surface area (Å²) in [5.41, 5.74) is 8.12. The normalized spacial score (nSPS) is 18.3. The van der Waals surface area contributed by atoms with E-state index in [1.807, 2.05) is 24.3 Å². The van der Waals surface area contributed by atoms with Crippen molar-refractivity contribution >= 4 is 45.7 Å². The third-order valence-corrected chi connectivity index (χ3v) is 7.44. The number of morpholine rings is 1. The highest BCUT2D eigenvalue weighted by Crippen LogP contribution is 2.39. The minimum atomic E-state index is -0.921. The largest absolute Gasteiger partial charge is 0.379 e. The highest BCUT2D eigenvalue weighted by Gasteiger charge is 2.34. The first-order chi connectivity index (χ1) is 16.8. The predicted molar refractivity (Wildman–Crippen MR) is 136 cm³/mol. The third kappa shape index (κ3) is 6.13. The van der Waals surface area contributed by atoms with E-state index in [-0.39, 0.29) is 18.9 Å². The summed E-state index contributed by atoms with van der Waals surface area (Å²) < 4.78 is 33.1. The summed E-state index contributed by atoms with van der Waals surface area (Å²) in [5.74, 6) is -2.59. The average Bonchev–Trinajstić information content (AvgIpc) is 3.13. The zero-order valence-corrected chi connectivity index (χ0v) is 20.6. The fourth-order valence-corrected chi connectivity index (χ4v) is 5.47. The number of nitrogens with zero attached hydrogens (tertiary/aromatic N) is 2. The molecule has 2 fully saturated rings. The number of nitrogens with two attached hydrogens (primary N) is 1. The molecule has 4 rings (SSSR count). The zero-order chi connectivity index (χ0) is 24.9. The summed E-state index contributed by atoms with van der Waals surface area (Å²) in [4.78, 5) is 28.8. The molecule has 0 atom stereocenters. The summed E-state index contributed by atoms with van der Waals surface area (Å²) in [6.45, 7) is 3.80. The molecule has 184 valence electrons. The molecule has 0 saturated carbocycles. The quantitative estimate of drug-likeness (QED) is 0.424. The molecule has 2 amide bonds. The highest BCUT2D eigenvalue weighted by atomic mass is 32.2. The second kappa shape index (κ2) is 11.4. The van der Waals surface area contributed by atoms with Gasteiger partial charge >= 0.3 is 0 Å². The SMILES string of the molecule is NC(=O)CCN1C(=O)/C(=C(\CCN2CCOCC2)c2cccc(-c3ccc(F)c(F)c3)c2)SC1=S. The average molecular weight is 518 g/mol. The molecule has 2 aliphatic heterocycles. The molecule has 2 saturated heterocycles. The summed E-state index contributed by atoms with van der Waals surface area (Å²) in [7, 11) is 0. The molecule has 0 spiro atoms. The number of primary amides is 1. The van der Waals surface area contributed by atoms with Crippen molar-refractivity contribution in [3.05, 3.63) is 64.6 Å². The lowest BCUT2D eigenvalue weighted by molar-refractivity contribution is -0.123. The second-order valence-electron chi connectivity index (χ2n) is 8.26. The number of halogens is 2. The molecule has 0 unspecified atom stereocenters. The van der Waals surface area contributed by atoms with Gasteiger partial charge in [0.15, 0.2) is 11.6 Å². The van der Waals surface area contributed by atoms with Gasteiger partial charge in [0.25, 0.3) is 5.91 Å². The molecule has 0 bridgehead atoms. The zero-order valence-electron chi connectivity index (χ0n) is 19.0. The standard InChI is InChI=1S/C25H25F2N3O3S2/c26-20-5-4-17(15-21(20)27)16-2-1-3-18(14-16)19(6-8-29-10-12-33-13-11-29)23-24(32)30(25(34)35-23)9-7-22(28)31/h1-5,14-15H,6-13H2,(H2,28,31)/b23-19-. The van der Waals surface area contributed by atoms with E-state index in [4.69, 9.17) is 22.7 Å². The number of carbonyl (C=O) groups excluding carboxylic acids is 2. The van der Waals surface area contributed by atoms with Gasteiger partial charge in [-0.3, -0.25) is 19.4 Å². The molecule has 35 heavy (non-hydrogen) atoms. The Bertz CT molecular complexity index is 1180. The number of hydrogen-bond donors (Lipinski definition) is 1. The van der Waals surface area contributed by atoms with E-state index in [1.165, 1.54) is 22.7 Å². The predicted octanol–water partition coefficient (Wildman–Crippen LogP) is 3.80. The van der Waals surface area contributed by atoms with Gasteiger partial charge in [-0.15, -0.1) is 0 Å². The number of ether oxygens (including phenoxy) is 1. The summed E-state index contributed by atoms with van der Waals surface area (Å²) >= 11 is 6.64. The van der Waals surface area contributed by atoms with Gasteiger partial charge in [0.2, 0.25) is 5.91 Å². The first-order valence-electron chi connectivity index (χ1n) is 11.2. The van der Waals surface area contributed by atoms with Crippen molar-refractivity contribution in [2.45, 2.75) is 12.8 Å². The Hall–Kier alpha value is -2.66. The van der Waals surface area contributed by atoms with Crippen LogP contribution in [0.2, 0.25) is 0 Å². The van der Waals surface area contributed by atoms with Crippen LogP contribution >= 0.6 is 24.0 Å². The van der Waals surface area contributed by atoms with Crippen molar-refractivity contribution in [2.75, 3.05) is 39.4 Å². The number of thioether (sulfide) groups is 1. The summed E-state index contributed by atoms with van der Waals surface area (Å²) in [5, 5.41) is 0. The van der Waals surface area contributed by atoms with Gasteiger partial charge in [0.1, 0.15) is 4.32 Å². The molecule has 0 aromatic heterocycles. The van der Waals surface area contributed by atoms with Crippen LogP contribution in [0.1, 0.15) is 18.4 Å². The van der Waals surface area contributed by atoms with Gasteiger partial charge in [-0.25, -0.2) is 8.78 Å². The van der Waals surface area contributed by atoms with Gasteiger partial charge < -0.3 is 10.5 Å². The maximum Gasteiger partial charge on any atom is 0.266 e. The van der Waals surface area contributed by atoms with E-state index in [0.717, 1.165) is 42.9 Å². The maximum atomic E-state index is 13.9. The van der Waals surface area contributed by atoms with Gasteiger partial charge in [-0.05, 0) is 46.9 Å². The molecular weight excluding hydrogens is 492 g/mol. The van der Waals surface area contributed by atoms with Crippen molar-refractivity contribution in [3.63, 3.8) is 0 Å². The molecule has 2 aromatic rings. The summed E-state index contributed by atoms with van der Waals surface area (Å²) in [6.07, 6.45) is 0.607. The van der Waals surface area contributed by atoms with Crippen LogP contribution in [0.15, 0.2) is 47.4 Å². The lowest BCUT2D eigenvalue weighted by atomic mass is 9.96. The first kappa shape index (κ1) is 25.4. The minimum absolute atomic E-state index is 0.0223. The van der Waals surface area contributed by atoms with Crippen LogP contribution in [-0.2, 0) is 14.3 Å². The fourth-order valence-electron chi connectivity index (χ4n) is 4.04. The van der Waals surface area contributed by atoms with Crippen molar-refractivity contribution in [2.24, 2.45) is 5.73 Å². The van der Waals surface area contributed by atoms with Gasteiger partial charge in [-0.2, -0.15) is 0 Å². The Morgan fingerprint density at radius 2 is 1.77 bits per heavy atom. The van der Waals surface area contributed by atoms with Gasteiger partial charge in [-0.1, -0.05) is 48.2 Å². The topological polar surface area (TPSA) is 75.9 Å². The lowest BCUT2D eigenvalue weighted by Gasteiger charge is -2.27. The number of amides is 2. The van der Waals surface area contributed by atoms with Crippen molar-refractivity contribution < 1.29 is 23.1 Å². The van der Waals surface area contributed by atoms with Crippen LogP contribution < -0.4 is 5.73 Å². The number of rotatable bonds is 8. The Labute approximate surface area is 212 Å². The maximum absolute atomic E-state index is 13.9. The van der Waals surface area contributed by atoms with Gasteiger partial charge in [0, 0.05) is 32.6 Å². The molecule has 10 heteroatoms. The van der Waals surface area contributed by atoms with Crippen molar-refractivity contribution in [3.8, 4) is 11.1 Å². The molecule has 6 nitrogen and oxygen atoms in total. The van der Waals surface area contributed by atoms with Crippen LogP contribution in [0.25, 0.3) is 16.7 Å². The van der Waals surface area contributed by atoms with E-state index in [9.17, 15) is 18.4 Å². The van der Waals surface area contributed by atoms with Gasteiger partial charge in [0.05, 0.1) is 18.1 Å². The first-order valence-corrected chi connectivity index (χ1v) is 12.5. The monoisotopic (exact) mass is 517 g/mol. The highest BCUT2D eigenvalue weighted by molar-refractivity contribution is 8.26. The number of carbonyl (C=O) groups is 2. The Morgan fingerprint density at radius 1 is 1.03 bits per heavy atom. The molecular formula is C25H25F2N3O3S2. The van der Waals surface area contributed by atoms with Crippen LogP contribution in [0.5, 0.6) is 0 Å². The smallest absolute Gasteiger partial charge is 0.266 e. The van der Waals surface area contributed by atoms with Crippen molar-refractivity contribution in [1.29, 1.82) is 0 Å². The molecule has 2 heterocycles. The van der Waals surface area contributed by atoms with E-state index < -0.39 is 17.5 Å².